The summed E-state index contributed by atoms with van der Waals surface area (Å²) in [5.41, 5.74) is 2.96. The summed E-state index contributed by atoms with van der Waals surface area (Å²) in [5.74, 6) is 0.620. The SMILES string of the molecule is CNC(=O)[C@@H](Cc1ccccc1)N(Cc1ccc(Cl)cc1)C(=O)CSCc1cccc(Cl)c1. The number of nitrogens with zero attached hydrogens (tertiary/aromatic N) is 1. The maximum atomic E-state index is 13.4. The molecule has 1 atom stereocenters. The molecule has 0 aromatic heterocycles. The molecule has 7 heteroatoms. The van der Waals surface area contributed by atoms with Gasteiger partial charge in [-0.15, -0.1) is 11.8 Å². The first kappa shape index (κ1) is 25.2. The normalized spacial score (nSPS) is 11.6. The zero-order chi connectivity index (χ0) is 23.6. The quantitative estimate of drug-likeness (QED) is 0.393. The Morgan fingerprint density at radius 2 is 1.58 bits per heavy atom. The summed E-state index contributed by atoms with van der Waals surface area (Å²) in [4.78, 5) is 28.0. The van der Waals surface area contributed by atoms with E-state index in [2.05, 4.69) is 5.32 Å². The predicted octanol–water partition coefficient (Wildman–Crippen LogP) is 5.61. The van der Waals surface area contributed by atoms with E-state index in [0.29, 0.717) is 28.8 Å². The van der Waals surface area contributed by atoms with Gasteiger partial charge in [0.1, 0.15) is 6.04 Å². The highest BCUT2D eigenvalue weighted by Gasteiger charge is 2.29. The number of carbonyl (C=O) groups excluding carboxylic acids is 2. The number of hydrogen-bond donors (Lipinski definition) is 1. The minimum atomic E-state index is -0.632. The lowest BCUT2D eigenvalue weighted by atomic mass is 10.0. The molecule has 0 aliphatic carbocycles. The van der Waals surface area contributed by atoms with Gasteiger partial charge in [0.05, 0.1) is 5.75 Å². The number of halogens is 2. The second kappa shape index (κ2) is 12.7. The van der Waals surface area contributed by atoms with E-state index in [1.807, 2.05) is 66.7 Å². The van der Waals surface area contributed by atoms with Crippen LogP contribution in [-0.2, 0) is 28.3 Å². The van der Waals surface area contributed by atoms with Crippen molar-refractivity contribution in [3.8, 4) is 0 Å². The standard InChI is InChI=1S/C26H26Cl2N2O2S/c1-29-26(32)24(15-19-6-3-2-4-7-19)30(16-20-10-12-22(27)13-11-20)25(31)18-33-17-21-8-5-9-23(28)14-21/h2-14,24H,15-18H2,1H3,(H,29,32)/t24-/m1/s1. The molecule has 0 radical (unpaired) electrons. The van der Waals surface area contributed by atoms with Crippen LogP contribution in [0.3, 0.4) is 0 Å². The smallest absolute Gasteiger partial charge is 0.242 e. The van der Waals surface area contributed by atoms with Crippen molar-refractivity contribution in [1.82, 2.24) is 10.2 Å². The van der Waals surface area contributed by atoms with Gasteiger partial charge in [0.25, 0.3) is 0 Å². The lowest BCUT2D eigenvalue weighted by Crippen LogP contribution is -2.50. The fraction of sp³-hybridized carbons (Fsp3) is 0.231. The molecule has 0 saturated heterocycles. The molecule has 2 amide bonds. The largest absolute Gasteiger partial charge is 0.357 e. The topological polar surface area (TPSA) is 49.4 Å². The van der Waals surface area contributed by atoms with E-state index >= 15 is 0 Å². The molecule has 0 aliphatic rings. The Balaban J connectivity index is 1.80. The first-order chi connectivity index (χ1) is 16.0. The van der Waals surface area contributed by atoms with Crippen molar-refractivity contribution in [2.75, 3.05) is 12.8 Å². The van der Waals surface area contributed by atoms with Crippen molar-refractivity contribution in [2.24, 2.45) is 0 Å². The van der Waals surface area contributed by atoms with Crippen molar-refractivity contribution >= 4 is 46.8 Å². The van der Waals surface area contributed by atoms with E-state index in [0.717, 1.165) is 16.7 Å². The number of nitrogens with one attached hydrogen (secondary N) is 1. The molecule has 0 heterocycles. The van der Waals surface area contributed by atoms with E-state index in [9.17, 15) is 9.59 Å². The number of carbonyl (C=O) groups is 2. The average Bonchev–Trinajstić information content (AvgIpc) is 2.82. The van der Waals surface area contributed by atoms with Crippen LogP contribution >= 0.6 is 35.0 Å². The first-order valence-corrected chi connectivity index (χ1v) is 12.5. The van der Waals surface area contributed by atoms with Gasteiger partial charge in [-0.2, -0.15) is 0 Å². The third-order valence-corrected chi connectivity index (χ3v) is 6.64. The van der Waals surface area contributed by atoms with Crippen LogP contribution < -0.4 is 5.32 Å². The van der Waals surface area contributed by atoms with Crippen LogP contribution in [0.1, 0.15) is 16.7 Å². The van der Waals surface area contributed by atoms with E-state index in [4.69, 9.17) is 23.2 Å². The summed E-state index contributed by atoms with van der Waals surface area (Å²) in [5, 5.41) is 4.03. The van der Waals surface area contributed by atoms with Crippen molar-refractivity contribution < 1.29 is 9.59 Å². The van der Waals surface area contributed by atoms with Crippen LogP contribution in [0, 0.1) is 0 Å². The summed E-state index contributed by atoms with van der Waals surface area (Å²) in [6.07, 6.45) is 0.429. The molecular weight excluding hydrogens is 475 g/mol. The third-order valence-electron chi connectivity index (χ3n) is 5.17. The monoisotopic (exact) mass is 500 g/mol. The number of rotatable bonds is 10. The molecule has 0 unspecified atom stereocenters. The minimum absolute atomic E-state index is 0.0958. The summed E-state index contributed by atoms with van der Waals surface area (Å²) < 4.78 is 0. The molecule has 3 aromatic rings. The highest BCUT2D eigenvalue weighted by atomic mass is 35.5. The van der Waals surface area contributed by atoms with Gasteiger partial charge < -0.3 is 10.2 Å². The van der Waals surface area contributed by atoms with E-state index in [1.54, 1.807) is 24.1 Å². The Morgan fingerprint density at radius 3 is 2.24 bits per heavy atom. The Kier molecular flexibility index (Phi) is 9.67. The van der Waals surface area contributed by atoms with Gasteiger partial charge in [0, 0.05) is 35.8 Å². The van der Waals surface area contributed by atoms with E-state index in [-0.39, 0.29) is 17.6 Å². The second-order valence-electron chi connectivity index (χ2n) is 7.59. The summed E-state index contributed by atoms with van der Waals surface area (Å²) in [7, 11) is 1.60. The van der Waals surface area contributed by atoms with Crippen molar-refractivity contribution in [3.63, 3.8) is 0 Å². The van der Waals surface area contributed by atoms with Gasteiger partial charge in [-0.3, -0.25) is 9.59 Å². The molecule has 172 valence electrons. The maximum absolute atomic E-state index is 13.4. The fourth-order valence-electron chi connectivity index (χ4n) is 3.47. The fourth-order valence-corrected chi connectivity index (χ4v) is 4.67. The molecule has 4 nitrogen and oxygen atoms in total. The lowest BCUT2D eigenvalue weighted by Gasteiger charge is -2.31. The third kappa shape index (κ3) is 7.81. The Morgan fingerprint density at radius 1 is 0.879 bits per heavy atom. The van der Waals surface area contributed by atoms with Crippen molar-refractivity contribution in [1.29, 1.82) is 0 Å². The van der Waals surface area contributed by atoms with Crippen LogP contribution in [0.25, 0.3) is 0 Å². The van der Waals surface area contributed by atoms with Gasteiger partial charge in [-0.05, 0) is 41.0 Å². The number of benzene rings is 3. The van der Waals surface area contributed by atoms with Crippen LogP contribution in [-0.4, -0.2) is 35.6 Å². The molecule has 0 bridgehead atoms. The average molecular weight is 501 g/mol. The van der Waals surface area contributed by atoms with E-state index in [1.165, 1.54) is 11.8 Å². The molecule has 0 saturated carbocycles. The molecule has 0 aliphatic heterocycles. The predicted molar refractivity (Wildman–Crippen MR) is 138 cm³/mol. The minimum Gasteiger partial charge on any atom is -0.357 e. The van der Waals surface area contributed by atoms with E-state index < -0.39 is 6.04 Å². The first-order valence-electron chi connectivity index (χ1n) is 10.6. The zero-order valence-corrected chi connectivity index (χ0v) is 20.7. The molecule has 3 rings (SSSR count). The maximum Gasteiger partial charge on any atom is 0.242 e. The summed E-state index contributed by atoms with van der Waals surface area (Å²) in [6, 6.07) is 24.0. The lowest BCUT2D eigenvalue weighted by molar-refractivity contribution is -0.139. The Labute approximate surface area is 209 Å². The molecule has 1 N–H and O–H groups in total. The highest BCUT2D eigenvalue weighted by molar-refractivity contribution is 7.99. The van der Waals surface area contributed by atoms with Gasteiger partial charge in [0.2, 0.25) is 11.8 Å². The van der Waals surface area contributed by atoms with Crippen LogP contribution in [0.5, 0.6) is 0 Å². The number of thioether (sulfide) groups is 1. The molecule has 33 heavy (non-hydrogen) atoms. The molecular formula is C26H26Cl2N2O2S. The van der Waals surface area contributed by atoms with Gasteiger partial charge in [-0.25, -0.2) is 0 Å². The van der Waals surface area contributed by atoms with Crippen LogP contribution in [0.15, 0.2) is 78.9 Å². The summed E-state index contributed by atoms with van der Waals surface area (Å²) >= 11 is 13.6. The molecule has 0 spiro atoms. The Hall–Kier alpha value is -2.47. The van der Waals surface area contributed by atoms with Gasteiger partial charge in [0.15, 0.2) is 0 Å². The molecule has 0 fully saturated rings. The highest BCUT2D eigenvalue weighted by Crippen LogP contribution is 2.20. The second-order valence-corrected chi connectivity index (χ2v) is 9.45. The zero-order valence-electron chi connectivity index (χ0n) is 18.3. The Bertz CT molecular complexity index is 1060. The number of amides is 2. The van der Waals surface area contributed by atoms with Gasteiger partial charge in [-0.1, -0.05) is 77.8 Å². The molecule has 3 aromatic carbocycles. The van der Waals surface area contributed by atoms with Gasteiger partial charge >= 0.3 is 0 Å². The van der Waals surface area contributed by atoms with Crippen LogP contribution in [0.2, 0.25) is 10.0 Å². The van der Waals surface area contributed by atoms with Crippen LogP contribution in [0.4, 0.5) is 0 Å². The summed E-state index contributed by atoms with van der Waals surface area (Å²) in [6.45, 7) is 0.318. The number of likely N-dealkylation sites (N-methyl/N-ethyl adjacent to an activating group) is 1. The number of hydrogen-bond acceptors (Lipinski definition) is 3. The van der Waals surface area contributed by atoms with Crippen molar-refractivity contribution in [3.05, 3.63) is 106 Å². The van der Waals surface area contributed by atoms with Crippen molar-refractivity contribution in [2.45, 2.75) is 24.8 Å².